The summed E-state index contributed by atoms with van der Waals surface area (Å²) in [5.74, 6) is -0.583. The van der Waals surface area contributed by atoms with Gasteiger partial charge in [-0.2, -0.15) is 4.68 Å². The monoisotopic (exact) mass is 365 g/mol. The predicted molar refractivity (Wildman–Crippen MR) is 90.6 cm³/mol. The molecule has 122 valence electrons. The van der Waals surface area contributed by atoms with E-state index in [4.69, 9.17) is 27.9 Å². The summed E-state index contributed by atoms with van der Waals surface area (Å²) in [4.78, 5) is 12.5. The van der Waals surface area contributed by atoms with Crippen LogP contribution in [0.5, 0.6) is 5.75 Å². The van der Waals surface area contributed by atoms with Gasteiger partial charge in [0, 0.05) is 11.1 Å². The maximum atomic E-state index is 14.3. The zero-order valence-electron chi connectivity index (χ0n) is 12.2. The van der Waals surface area contributed by atoms with Crippen molar-refractivity contribution in [1.82, 2.24) is 15.0 Å². The highest BCUT2D eigenvalue weighted by molar-refractivity contribution is 6.32. The average Bonchev–Trinajstić information content (AvgIpc) is 2.55. The zero-order valence-corrected chi connectivity index (χ0v) is 13.7. The normalized spacial score (nSPS) is 10.8. The van der Waals surface area contributed by atoms with E-state index < -0.39 is 11.4 Å². The topological polar surface area (TPSA) is 57.0 Å². The van der Waals surface area contributed by atoms with Crippen molar-refractivity contribution in [2.45, 2.75) is 0 Å². The minimum atomic E-state index is -0.733. The molecule has 0 fully saturated rings. The summed E-state index contributed by atoms with van der Waals surface area (Å²) in [5, 5.41) is 8.30. The van der Waals surface area contributed by atoms with E-state index >= 15 is 0 Å². The van der Waals surface area contributed by atoms with E-state index in [9.17, 15) is 9.18 Å². The van der Waals surface area contributed by atoms with Gasteiger partial charge in [0.1, 0.15) is 23.6 Å². The van der Waals surface area contributed by atoms with Crippen LogP contribution < -0.4 is 10.3 Å². The summed E-state index contributed by atoms with van der Waals surface area (Å²) in [5.41, 5.74) is -0.213. The second kappa shape index (κ2) is 6.59. The molecule has 3 rings (SSSR count). The molecule has 1 heterocycles. The van der Waals surface area contributed by atoms with E-state index in [1.54, 1.807) is 24.3 Å². The zero-order chi connectivity index (χ0) is 17.3. The fraction of sp³-hybridized carbons (Fsp3) is 0.0625. The number of nitrogens with zero attached hydrogens (tertiary/aromatic N) is 3. The lowest BCUT2D eigenvalue weighted by atomic mass is 10.2. The van der Waals surface area contributed by atoms with E-state index in [0.29, 0.717) is 10.9 Å². The van der Waals surface area contributed by atoms with Gasteiger partial charge in [-0.1, -0.05) is 47.1 Å². The summed E-state index contributed by atoms with van der Waals surface area (Å²) < 4.78 is 20.5. The largest absolute Gasteiger partial charge is 0.486 e. The number of hydrogen-bond donors (Lipinski definition) is 0. The number of hydrogen-bond acceptors (Lipinski definition) is 4. The van der Waals surface area contributed by atoms with Gasteiger partial charge < -0.3 is 4.74 Å². The van der Waals surface area contributed by atoms with Crippen molar-refractivity contribution >= 4 is 34.1 Å². The molecule has 0 saturated carbocycles. The molecule has 0 bridgehead atoms. The van der Waals surface area contributed by atoms with E-state index in [1.165, 1.54) is 6.07 Å². The molecule has 5 nitrogen and oxygen atoms in total. The van der Waals surface area contributed by atoms with E-state index in [-0.39, 0.29) is 28.1 Å². The lowest BCUT2D eigenvalue weighted by molar-refractivity contribution is 0.358. The Hall–Kier alpha value is -2.44. The first kappa shape index (κ1) is 16.4. The Morgan fingerprint density at radius 3 is 2.83 bits per heavy atom. The van der Waals surface area contributed by atoms with Crippen LogP contribution in [-0.2, 0) is 0 Å². The van der Waals surface area contributed by atoms with Crippen LogP contribution in [0, 0.1) is 5.82 Å². The molecular weight excluding hydrogens is 356 g/mol. The number of fused-ring (bicyclic) bond motifs is 1. The lowest BCUT2D eigenvalue weighted by Gasteiger charge is -2.11. The Morgan fingerprint density at radius 1 is 1.33 bits per heavy atom. The summed E-state index contributed by atoms with van der Waals surface area (Å²) in [7, 11) is 0. The molecule has 3 aromatic rings. The Morgan fingerprint density at radius 2 is 2.08 bits per heavy atom. The van der Waals surface area contributed by atoms with Crippen molar-refractivity contribution < 1.29 is 9.13 Å². The number of aromatic nitrogens is 3. The molecule has 0 aliphatic rings. The quantitative estimate of drug-likeness (QED) is 0.707. The molecule has 24 heavy (non-hydrogen) atoms. The molecule has 0 atom stereocenters. The highest BCUT2D eigenvalue weighted by Gasteiger charge is 2.15. The number of halogens is 3. The van der Waals surface area contributed by atoms with Gasteiger partial charge in [0.15, 0.2) is 5.82 Å². The van der Waals surface area contributed by atoms with Crippen molar-refractivity contribution in [3.63, 3.8) is 0 Å². The summed E-state index contributed by atoms with van der Waals surface area (Å²) in [6.07, 6.45) is 0. The Labute approximate surface area is 145 Å². The molecular formula is C16H10Cl2FN3O2. The van der Waals surface area contributed by atoms with Crippen LogP contribution in [0.4, 0.5) is 4.39 Å². The first-order valence-electron chi connectivity index (χ1n) is 6.77. The van der Waals surface area contributed by atoms with Crippen molar-refractivity contribution in [3.05, 3.63) is 69.2 Å². The summed E-state index contributed by atoms with van der Waals surface area (Å²) in [6, 6.07) is 8.95. The van der Waals surface area contributed by atoms with E-state index in [2.05, 4.69) is 16.9 Å². The van der Waals surface area contributed by atoms with Crippen LogP contribution in [0.1, 0.15) is 0 Å². The minimum Gasteiger partial charge on any atom is -0.486 e. The van der Waals surface area contributed by atoms with Crippen molar-refractivity contribution in [2.24, 2.45) is 0 Å². The molecule has 0 amide bonds. The van der Waals surface area contributed by atoms with E-state index in [1.807, 2.05) is 0 Å². The molecule has 8 heteroatoms. The molecule has 0 N–H and O–H groups in total. The van der Waals surface area contributed by atoms with Crippen LogP contribution in [-0.4, -0.2) is 21.6 Å². The smallest absolute Gasteiger partial charge is 0.282 e. The Kier molecular flexibility index (Phi) is 4.51. The summed E-state index contributed by atoms with van der Waals surface area (Å²) >= 11 is 11.6. The highest BCUT2D eigenvalue weighted by Crippen LogP contribution is 2.29. The SMILES string of the molecule is C=C(Cl)COc1cc(-n2nnc3ccccc3c2=O)c(F)cc1Cl. The fourth-order valence-corrected chi connectivity index (χ4v) is 2.35. The lowest BCUT2D eigenvalue weighted by Crippen LogP contribution is -2.23. The third-order valence-electron chi connectivity index (χ3n) is 3.18. The fourth-order valence-electron chi connectivity index (χ4n) is 2.09. The Bertz CT molecular complexity index is 1000. The van der Waals surface area contributed by atoms with Crippen LogP contribution >= 0.6 is 23.2 Å². The highest BCUT2D eigenvalue weighted by atomic mass is 35.5. The van der Waals surface area contributed by atoms with E-state index in [0.717, 1.165) is 10.7 Å². The van der Waals surface area contributed by atoms with Crippen molar-refractivity contribution in [2.75, 3.05) is 6.61 Å². The first-order valence-corrected chi connectivity index (χ1v) is 7.53. The Balaban J connectivity index is 2.15. The standard InChI is InChI=1S/C16H10Cl2FN3O2/c1-9(17)8-24-15-7-14(12(19)6-11(15)18)22-16(23)10-4-2-3-5-13(10)20-21-22/h2-7H,1,8H2. The van der Waals surface area contributed by atoms with Gasteiger partial charge in [0.05, 0.1) is 10.4 Å². The van der Waals surface area contributed by atoms with Crippen LogP contribution in [0.3, 0.4) is 0 Å². The minimum absolute atomic E-state index is 0.00928. The van der Waals surface area contributed by atoms with Crippen molar-refractivity contribution in [3.8, 4) is 11.4 Å². The van der Waals surface area contributed by atoms with Gasteiger partial charge in [-0.3, -0.25) is 4.79 Å². The number of rotatable bonds is 4. The average molecular weight is 366 g/mol. The summed E-state index contributed by atoms with van der Waals surface area (Å²) in [6.45, 7) is 3.48. The molecule has 0 unspecified atom stereocenters. The predicted octanol–water partition coefficient (Wildman–Crippen LogP) is 3.70. The van der Waals surface area contributed by atoms with Gasteiger partial charge in [-0.25, -0.2) is 4.39 Å². The van der Waals surface area contributed by atoms with Crippen LogP contribution in [0.2, 0.25) is 5.02 Å². The number of benzene rings is 2. The second-order valence-electron chi connectivity index (χ2n) is 4.86. The maximum Gasteiger partial charge on any atom is 0.282 e. The molecule has 0 aliphatic heterocycles. The number of ether oxygens (including phenoxy) is 1. The van der Waals surface area contributed by atoms with Gasteiger partial charge in [-0.15, -0.1) is 5.10 Å². The molecule has 0 radical (unpaired) electrons. The van der Waals surface area contributed by atoms with Gasteiger partial charge in [-0.05, 0) is 18.2 Å². The molecule has 0 spiro atoms. The maximum absolute atomic E-state index is 14.3. The van der Waals surface area contributed by atoms with Crippen LogP contribution in [0.25, 0.3) is 16.6 Å². The molecule has 0 aliphatic carbocycles. The molecule has 0 saturated heterocycles. The third-order valence-corrected chi connectivity index (χ3v) is 3.59. The third kappa shape index (κ3) is 3.11. The first-order chi connectivity index (χ1) is 11.5. The van der Waals surface area contributed by atoms with Gasteiger partial charge in [0.25, 0.3) is 5.56 Å². The van der Waals surface area contributed by atoms with Gasteiger partial charge >= 0.3 is 0 Å². The molecule has 2 aromatic carbocycles. The van der Waals surface area contributed by atoms with Gasteiger partial charge in [0.2, 0.25) is 0 Å². The molecule has 1 aromatic heterocycles. The van der Waals surface area contributed by atoms with Crippen molar-refractivity contribution in [1.29, 1.82) is 0 Å². The second-order valence-corrected chi connectivity index (χ2v) is 5.81. The van der Waals surface area contributed by atoms with Crippen LogP contribution in [0.15, 0.2) is 52.8 Å².